The molecule has 1 aliphatic rings. The maximum absolute atomic E-state index is 13.9. The molecule has 0 saturated carbocycles. The molecule has 206 valence electrons. The molecule has 0 saturated heterocycles. The monoisotopic (exact) mass is 578 g/mol. The van der Waals surface area contributed by atoms with Gasteiger partial charge in [-0.2, -0.15) is 0 Å². The third-order valence-electron chi connectivity index (χ3n) is 6.35. The van der Waals surface area contributed by atoms with E-state index < -0.39 is 12.0 Å². The summed E-state index contributed by atoms with van der Waals surface area (Å²) >= 11 is 7.23. The Balaban J connectivity index is 1.65. The zero-order valence-electron chi connectivity index (χ0n) is 22.4. The molecule has 4 aromatic rings. The molecule has 5 rings (SSSR count). The van der Waals surface area contributed by atoms with Crippen molar-refractivity contribution in [3.05, 3.63) is 102 Å². The molecule has 1 unspecified atom stereocenters. The number of hydrogen-bond donors (Lipinski definition) is 0. The van der Waals surface area contributed by atoms with Crippen molar-refractivity contribution >= 4 is 35.0 Å². The number of furan rings is 1. The molecule has 10 heteroatoms. The van der Waals surface area contributed by atoms with E-state index in [1.807, 2.05) is 31.2 Å². The summed E-state index contributed by atoms with van der Waals surface area (Å²) in [5, 5.41) is 0.633. The lowest BCUT2D eigenvalue weighted by molar-refractivity contribution is -0.139. The SMILES string of the molecule is CCOC(=O)C1=C(C)N=c2s/c(=C\c3ccc(-c4ccc(Cl)cc4)o3)c(=O)n2C1c1ccc(OC)c(OCC)c1. The standard InChI is InChI=1S/C30H27ClN2O6S/c1-5-37-24-15-19(9-13-23(24)36-4)27-26(29(35)38-6-2)17(3)32-30-33(27)28(34)25(40-30)16-21-12-14-22(39-21)18-7-10-20(31)11-8-18/h7-16,27H,5-6H2,1-4H3/b25-16-. The summed E-state index contributed by atoms with van der Waals surface area (Å²) in [6.07, 6.45) is 1.68. The van der Waals surface area contributed by atoms with Crippen LogP contribution in [0.4, 0.5) is 0 Å². The van der Waals surface area contributed by atoms with E-state index in [1.165, 1.54) is 15.9 Å². The summed E-state index contributed by atoms with van der Waals surface area (Å²) in [6.45, 7) is 5.96. The predicted molar refractivity (Wildman–Crippen MR) is 154 cm³/mol. The summed E-state index contributed by atoms with van der Waals surface area (Å²) in [5.41, 5.74) is 1.99. The van der Waals surface area contributed by atoms with E-state index in [-0.39, 0.29) is 17.7 Å². The number of halogens is 1. The average Bonchev–Trinajstić information content (AvgIpc) is 3.53. The van der Waals surface area contributed by atoms with Crippen LogP contribution in [0.2, 0.25) is 5.02 Å². The topological polar surface area (TPSA) is 92.3 Å². The minimum Gasteiger partial charge on any atom is -0.493 e. The molecule has 0 spiro atoms. The van der Waals surface area contributed by atoms with Gasteiger partial charge in [-0.3, -0.25) is 9.36 Å². The Morgan fingerprint density at radius 3 is 2.58 bits per heavy atom. The van der Waals surface area contributed by atoms with Crippen molar-refractivity contribution in [1.29, 1.82) is 0 Å². The molecule has 2 aromatic carbocycles. The fraction of sp³-hybridized carbons (Fsp3) is 0.233. The van der Waals surface area contributed by atoms with Gasteiger partial charge in [-0.25, -0.2) is 9.79 Å². The molecule has 0 fully saturated rings. The molecular formula is C30H27ClN2O6S. The Kier molecular flexibility index (Phi) is 7.95. The second kappa shape index (κ2) is 11.6. The Hall–Kier alpha value is -4.08. The lowest BCUT2D eigenvalue weighted by Crippen LogP contribution is -2.39. The van der Waals surface area contributed by atoms with Crippen molar-refractivity contribution in [2.24, 2.45) is 4.99 Å². The highest BCUT2D eigenvalue weighted by Crippen LogP contribution is 2.36. The van der Waals surface area contributed by atoms with Gasteiger partial charge in [0.2, 0.25) is 0 Å². The van der Waals surface area contributed by atoms with Gasteiger partial charge >= 0.3 is 5.97 Å². The second-order valence-electron chi connectivity index (χ2n) is 8.85. The summed E-state index contributed by atoms with van der Waals surface area (Å²) in [4.78, 5) is 32.1. The smallest absolute Gasteiger partial charge is 0.338 e. The number of hydrogen-bond acceptors (Lipinski definition) is 8. The van der Waals surface area contributed by atoms with Crippen molar-refractivity contribution < 1.29 is 23.4 Å². The van der Waals surface area contributed by atoms with Crippen LogP contribution in [0, 0.1) is 0 Å². The number of carbonyl (C=O) groups is 1. The number of esters is 1. The van der Waals surface area contributed by atoms with E-state index in [9.17, 15) is 9.59 Å². The van der Waals surface area contributed by atoms with Gasteiger partial charge in [0.25, 0.3) is 5.56 Å². The van der Waals surface area contributed by atoms with E-state index in [2.05, 4.69) is 4.99 Å². The number of benzene rings is 2. The van der Waals surface area contributed by atoms with Gasteiger partial charge < -0.3 is 18.6 Å². The Labute approximate surface area is 239 Å². The molecule has 2 aromatic heterocycles. The van der Waals surface area contributed by atoms with E-state index in [4.69, 9.17) is 30.2 Å². The number of carbonyl (C=O) groups excluding carboxylic acids is 1. The summed E-state index contributed by atoms with van der Waals surface area (Å²) < 4.78 is 24.6. The van der Waals surface area contributed by atoms with Crippen LogP contribution in [-0.4, -0.2) is 30.9 Å². The fourth-order valence-electron chi connectivity index (χ4n) is 4.57. The van der Waals surface area contributed by atoms with Crippen LogP contribution in [0.25, 0.3) is 17.4 Å². The van der Waals surface area contributed by atoms with Gasteiger partial charge in [0.1, 0.15) is 11.5 Å². The van der Waals surface area contributed by atoms with Gasteiger partial charge in [-0.1, -0.05) is 29.0 Å². The summed E-state index contributed by atoms with van der Waals surface area (Å²) in [5.74, 6) is 1.68. The number of aromatic nitrogens is 1. The maximum atomic E-state index is 13.9. The highest BCUT2D eigenvalue weighted by atomic mass is 35.5. The third kappa shape index (κ3) is 5.22. The molecule has 8 nitrogen and oxygen atoms in total. The molecule has 0 N–H and O–H groups in total. The van der Waals surface area contributed by atoms with Crippen LogP contribution in [0.3, 0.4) is 0 Å². The molecule has 1 atom stereocenters. The van der Waals surface area contributed by atoms with Crippen molar-refractivity contribution in [3.63, 3.8) is 0 Å². The first-order chi connectivity index (χ1) is 19.3. The van der Waals surface area contributed by atoms with Crippen LogP contribution < -0.4 is 24.4 Å². The lowest BCUT2D eigenvalue weighted by atomic mass is 9.95. The van der Waals surface area contributed by atoms with E-state index in [0.717, 1.165) is 5.56 Å². The van der Waals surface area contributed by atoms with Crippen LogP contribution in [-0.2, 0) is 9.53 Å². The summed E-state index contributed by atoms with van der Waals surface area (Å²) in [6, 6.07) is 15.5. The highest BCUT2D eigenvalue weighted by Gasteiger charge is 2.34. The maximum Gasteiger partial charge on any atom is 0.338 e. The van der Waals surface area contributed by atoms with Gasteiger partial charge in [-0.15, -0.1) is 0 Å². The van der Waals surface area contributed by atoms with E-state index in [1.54, 1.807) is 57.4 Å². The molecule has 1 aliphatic heterocycles. The highest BCUT2D eigenvalue weighted by molar-refractivity contribution is 7.07. The third-order valence-corrected chi connectivity index (χ3v) is 7.58. The normalized spacial score (nSPS) is 15.0. The van der Waals surface area contributed by atoms with E-state index >= 15 is 0 Å². The van der Waals surface area contributed by atoms with Crippen LogP contribution >= 0.6 is 22.9 Å². The zero-order valence-corrected chi connectivity index (χ0v) is 24.0. The number of methoxy groups -OCH3 is 1. The molecule has 3 heterocycles. The number of ether oxygens (including phenoxy) is 3. The lowest BCUT2D eigenvalue weighted by Gasteiger charge is -2.25. The van der Waals surface area contributed by atoms with Crippen molar-refractivity contribution in [3.8, 4) is 22.8 Å². The Morgan fingerprint density at radius 2 is 1.88 bits per heavy atom. The quantitative estimate of drug-likeness (QED) is 0.270. The number of rotatable bonds is 8. The number of allylic oxidation sites excluding steroid dienone is 1. The molecule has 0 bridgehead atoms. The van der Waals surface area contributed by atoms with Crippen LogP contribution in [0.5, 0.6) is 11.5 Å². The molecular weight excluding hydrogens is 552 g/mol. The van der Waals surface area contributed by atoms with Gasteiger partial charge in [-0.05, 0) is 74.9 Å². The summed E-state index contributed by atoms with van der Waals surface area (Å²) in [7, 11) is 1.56. The van der Waals surface area contributed by atoms with E-state index in [0.29, 0.717) is 55.2 Å². The second-order valence-corrected chi connectivity index (χ2v) is 10.3. The van der Waals surface area contributed by atoms with Gasteiger partial charge in [0, 0.05) is 16.7 Å². The fourth-order valence-corrected chi connectivity index (χ4v) is 5.72. The molecule has 40 heavy (non-hydrogen) atoms. The number of thiazole rings is 1. The Bertz CT molecular complexity index is 1780. The first-order valence-corrected chi connectivity index (χ1v) is 13.9. The number of fused-ring (bicyclic) bond motifs is 1. The minimum atomic E-state index is -0.774. The zero-order chi connectivity index (χ0) is 28.4. The molecule has 0 aliphatic carbocycles. The van der Waals surface area contributed by atoms with Crippen LogP contribution in [0.1, 0.15) is 38.1 Å². The van der Waals surface area contributed by atoms with Crippen molar-refractivity contribution in [1.82, 2.24) is 4.57 Å². The van der Waals surface area contributed by atoms with Crippen LogP contribution in [0.15, 0.2) is 80.1 Å². The molecule has 0 amide bonds. The minimum absolute atomic E-state index is 0.189. The average molecular weight is 579 g/mol. The number of nitrogens with zero attached hydrogens (tertiary/aromatic N) is 2. The Morgan fingerprint density at radius 1 is 1.10 bits per heavy atom. The molecule has 0 radical (unpaired) electrons. The predicted octanol–water partition coefficient (Wildman–Crippen LogP) is 5.12. The van der Waals surface area contributed by atoms with Gasteiger partial charge in [0.15, 0.2) is 16.3 Å². The first-order valence-electron chi connectivity index (χ1n) is 12.7. The van der Waals surface area contributed by atoms with Gasteiger partial charge in [0.05, 0.1) is 42.2 Å². The largest absolute Gasteiger partial charge is 0.493 e. The van der Waals surface area contributed by atoms with Crippen molar-refractivity contribution in [2.75, 3.05) is 20.3 Å². The van der Waals surface area contributed by atoms with Crippen molar-refractivity contribution in [2.45, 2.75) is 26.8 Å². The first kappa shape index (κ1) is 27.5.